The fourth-order valence-corrected chi connectivity index (χ4v) is 5.50. The molecule has 1 atom stereocenters. The first-order valence-electron chi connectivity index (χ1n) is 13.6. The van der Waals surface area contributed by atoms with Crippen LogP contribution < -0.4 is 24.2 Å². The third-order valence-corrected chi connectivity index (χ3v) is 8.42. The fraction of sp³-hybridized carbons (Fsp3) is 0.233. The van der Waals surface area contributed by atoms with Gasteiger partial charge in [-0.2, -0.15) is 9.78 Å². The Morgan fingerprint density at radius 3 is 2.61 bits per heavy atom. The normalized spacial score (nSPS) is 13.0. The molecule has 1 amide bonds. The number of halogens is 1. The highest BCUT2D eigenvalue weighted by atomic mass is 32.2. The first kappa shape index (κ1) is 30.5. The Bertz CT molecular complexity index is 1860. The third kappa shape index (κ3) is 6.35. The minimum Gasteiger partial charge on any atom is -0.476 e. The molecular formula is C30H29FN4O8S. The Labute approximate surface area is 252 Å². The molecule has 1 aliphatic rings. The molecule has 1 unspecified atom stereocenters. The van der Waals surface area contributed by atoms with Crippen LogP contribution in [-0.4, -0.2) is 42.0 Å². The largest absolute Gasteiger partial charge is 0.476 e. The van der Waals surface area contributed by atoms with E-state index in [1.807, 2.05) is 6.92 Å². The molecule has 12 nitrogen and oxygen atoms in total. The van der Waals surface area contributed by atoms with Crippen molar-refractivity contribution in [3.8, 4) is 28.8 Å². The molecule has 0 saturated carbocycles. The minimum atomic E-state index is -4.32. The molecule has 3 aromatic carbocycles. The predicted octanol–water partition coefficient (Wildman–Crippen LogP) is 5.00. The molecule has 0 aliphatic carbocycles. The van der Waals surface area contributed by atoms with Crippen molar-refractivity contribution in [1.29, 1.82) is 0 Å². The van der Waals surface area contributed by atoms with Gasteiger partial charge in [-0.15, -0.1) is 0 Å². The van der Waals surface area contributed by atoms with E-state index in [-0.39, 0.29) is 64.3 Å². The molecule has 4 aromatic rings. The Hall–Kier alpha value is -4.95. The highest BCUT2D eigenvalue weighted by molar-refractivity contribution is 7.89. The summed E-state index contributed by atoms with van der Waals surface area (Å²) in [6.07, 6.45) is 0.574. The quantitative estimate of drug-likeness (QED) is 0.209. The third-order valence-electron chi connectivity index (χ3n) is 6.99. The summed E-state index contributed by atoms with van der Waals surface area (Å²) >= 11 is 0. The molecule has 0 spiro atoms. The van der Waals surface area contributed by atoms with Gasteiger partial charge in [0.25, 0.3) is 0 Å². The van der Waals surface area contributed by atoms with E-state index in [4.69, 9.17) is 14.2 Å². The number of sulfonamides is 1. The van der Waals surface area contributed by atoms with Gasteiger partial charge in [-0.1, -0.05) is 26.0 Å². The molecule has 14 heteroatoms. The predicted molar refractivity (Wildman–Crippen MR) is 156 cm³/mol. The van der Waals surface area contributed by atoms with E-state index in [0.717, 1.165) is 10.7 Å². The van der Waals surface area contributed by atoms with E-state index in [9.17, 15) is 27.5 Å². The zero-order chi connectivity index (χ0) is 31.6. The maximum absolute atomic E-state index is 14.1. The van der Waals surface area contributed by atoms with Crippen LogP contribution in [0.3, 0.4) is 0 Å². The number of hydrogen-bond donors (Lipinski definition) is 3. The van der Waals surface area contributed by atoms with Crippen LogP contribution in [0.4, 0.5) is 10.1 Å². The number of nitrogens with zero attached hydrogens (tertiary/aromatic N) is 2. The highest BCUT2D eigenvalue weighted by Crippen LogP contribution is 2.36. The molecule has 1 aromatic heterocycles. The van der Waals surface area contributed by atoms with E-state index in [0.29, 0.717) is 23.5 Å². The lowest BCUT2D eigenvalue weighted by Gasteiger charge is -2.17. The second kappa shape index (κ2) is 12.3. The van der Waals surface area contributed by atoms with Crippen molar-refractivity contribution in [2.75, 3.05) is 12.1 Å². The first-order chi connectivity index (χ1) is 21.0. The number of rotatable bonds is 11. The number of nitrogens with one attached hydrogen (secondary N) is 2. The second-order valence-corrected chi connectivity index (χ2v) is 11.8. The van der Waals surface area contributed by atoms with Gasteiger partial charge < -0.3 is 24.6 Å². The molecule has 0 bridgehead atoms. The van der Waals surface area contributed by atoms with Gasteiger partial charge in [-0.25, -0.2) is 22.3 Å². The number of amides is 1. The SMILES string of the molecule is CCC(C)C(=O)Nc1ccc(Oc2c(C)c(C(=O)O)nn2-c2cccc(F)c2)c(S(=O)(=O)NCc2ccc3c(c2)OCO3)c1. The summed E-state index contributed by atoms with van der Waals surface area (Å²) < 4.78 is 62.0. The smallest absolute Gasteiger partial charge is 0.356 e. The maximum atomic E-state index is 14.1. The summed E-state index contributed by atoms with van der Waals surface area (Å²) in [5.41, 5.74) is 0.651. The van der Waals surface area contributed by atoms with Crippen LogP contribution in [-0.2, 0) is 21.4 Å². The lowest BCUT2D eigenvalue weighted by atomic mass is 10.1. The Morgan fingerprint density at radius 1 is 1.11 bits per heavy atom. The topological polar surface area (TPSA) is 158 Å². The van der Waals surface area contributed by atoms with Gasteiger partial charge in [0.05, 0.1) is 5.69 Å². The number of aromatic nitrogens is 2. The second-order valence-electron chi connectivity index (χ2n) is 10.0. The molecule has 0 fully saturated rings. The summed E-state index contributed by atoms with van der Waals surface area (Å²) in [6.45, 7) is 4.98. The standard InChI is InChI=1S/C30H29FN4O8S/c1-4-17(2)28(36)33-21-9-11-24(26(14-21)44(39,40)32-15-19-8-10-23-25(12-19)42-16-41-23)43-29-18(3)27(30(37)38)34-35(29)22-7-5-6-20(31)13-22/h5-14,17,32H,4,15-16H2,1-3H3,(H,33,36)(H,37,38). The Balaban J connectivity index is 1.55. The molecule has 3 N–H and O–H groups in total. The molecule has 1 aliphatic heterocycles. The van der Waals surface area contributed by atoms with Crippen molar-refractivity contribution < 1.29 is 41.7 Å². The van der Waals surface area contributed by atoms with Crippen molar-refractivity contribution in [2.45, 2.75) is 38.6 Å². The van der Waals surface area contributed by atoms with Crippen LogP contribution in [0.25, 0.3) is 5.69 Å². The van der Waals surface area contributed by atoms with Crippen molar-refractivity contribution in [1.82, 2.24) is 14.5 Å². The lowest BCUT2D eigenvalue weighted by molar-refractivity contribution is -0.119. The Kier molecular flexibility index (Phi) is 8.56. The van der Waals surface area contributed by atoms with E-state index >= 15 is 0 Å². The number of carbonyl (C=O) groups is 2. The van der Waals surface area contributed by atoms with Gasteiger partial charge in [-0.3, -0.25) is 4.79 Å². The number of carboxylic acids is 1. The molecule has 0 saturated heterocycles. The van der Waals surface area contributed by atoms with Crippen LogP contribution in [0.1, 0.15) is 41.9 Å². The number of fused-ring (bicyclic) bond motifs is 1. The number of benzene rings is 3. The average Bonchev–Trinajstić information content (AvgIpc) is 3.60. The number of aromatic carboxylic acids is 1. The number of anilines is 1. The lowest BCUT2D eigenvalue weighted by Crippen LogP contribution is -2.24. The van der Waals surface area contributed by atoms with Crippen LogP contribution in [0.2, 0.25) is 0 Å². The Morgan fingerprint density at radius 2 is 1.89 bits per heavy atom. The van der Waals surface area contributed by atoms with Crippen LogP contribution in [0, 0.1) is 18.7 Å². The first-order valence-corrected chi connectivity index (χ1v) is 15.0. The van der Waals surface area contributed by atoms with Crippen LogP contribution in [0.5, 0.6) is 23.1 Å². The summed E-state index contributed by atoms with van der Waals surface area (Å²) in [7, 11) is -4.32. The zero-order valence-corrected chi connectivity index (χ0v) is 24.8. The summed E-state index contributed by atoms with van der Waals surface area (Å²) in [5.74, 6) is -1.89. The van der Waals surface area contributed by atoms with Crippen LogP contribution in [0.15, 0.2) is 65.6 Å². The maximum Gasteiger partial charge on any atom is 0.356 e. The number of carbonyl (C=O) groups excluding carboxylic acids is 1. The van der Waals surface area contributed by atoms with Gasteiger partial charge in [0, 0.05) is 23.7 Å². The fourth-order valence-electron chi connectivity index (χ4n) is 4.33. The van der Waals surface area contributed by atoms with Crippen LogP contribution >= 0.6 is 0 Å². The molecule has 44 heavy (non-hydrogen) atoms. The van der Waals surface area contributed by atoms with Gasteiger partial charge in [-0.05, 0) is 67.4 Å². The molecule has 230 valence electrons. The van der Waals surface area contributed by atoms with Crippen molar-refractivity contribution in [3.05, 3.63) is 83.3 Å². The summed E-state index contributed by atoms with van der Waals surface area (Å²) in [5, 5.41) is 16.5. The number of carboxylic acid groups (broad SMARTS) is 1. The monoisotopic (exact) mass is 624 g/mol. The van der Waals surface area contributed by atoms with Crippen molar-refractivity contribution in [2.24, 2.45) is 5.92 Å². The molecule has 0 radical (unpaired) electrons. The minimum absolute atomic E-state index is 0.0651. The van der Waals surface area contributed by atoms with Gasteiger partial charge in [0.2, 0.25) is 28.6 Å². The van der Waals surface area contributed by atoms with E-state index < -0.39 is 21.8 Å². The van der Waals surface area contributed by atoms with Gasteiger partial charge in [0.1, 0.15) is 16.5 Å². The summed E-state index contributed by atoms with van der Waals surface area (Å²) in [6, 6.07) is 14.3. The van der Waals surface area contributed by atoms with E-state index in [2.05, 4.69) is 15.1 Å². The molecular weight excluding hydrogens is 595 g/mol. The van der Waals surface area contributed by atoms with E-state index in [1.54, 1.807) is 25.1 Å². The number of hydrogen-bond acceptors (Lipinski definition) is 8. The molecule has 5 rings (SSSR count). The number of ether oxygens (including phenoxy) is 3. The van der Waals surface area contributed by atoms with E-state index in [1.165, 1.54) is 43.3 Å². The zero-order valence-electron chi connectivity index (χ0n) is 24.0. The molecule has 2 heterocycles. The average molecular weight is 625 g/mol. The van der Waals surface area contributed by atoms with Crippen molar-refractivity contribution >= 4 is 27.6 Å². The van der Waals surface area contributed by atoms with Gasteiger partial charge in [0.15, 0.2) is 17.2 Å². The highest BCUT2D eigenvalue weighted by Gasteiger charge is 2.27. The summed E-state index contributed by atoms with van der Waals surface area (Å²) in [4.78, 5) is 24.2. The van der Waals surface area contributed by atoms with Gasteiger partial charge >= 0.3 is 5.97 Å². The van der Waals surface area contributed by atoms with Crippen molar-refractivity contribution in [3.63, 3.8) is 0 Å².